The summed E-state index contributed by atoms with van der Waals surface area (Å²) in [5.41, 5.74) is 2.28. The normalized spacial score (nSPS) is 11.8. The lowest BCUT2D eigenvalue weighted by atomic mass is 9.97. The molecule has 116 valence electrons. The van der Waals surface area contributed by atoms with Gasteiger partial charge in [-0.15, -0.1) is 0 Å². The fourth-order valence-corrected chi connectivity index (χ4v) is 2.34. The van der Waals surface area contributed by atoms with Gasteiger partial charge in [0, 0.05) is 12.5 Å². The quantitative estimate of drug-likeness (QED) is 0.841. The number of urea groups is 1. The molecule has 22 heavy (non-hydrogen) atoms. The second-order valence-corrected chi connectivity index (χ2v) is 5.33. The largest absolute Gasteiger partial charge is 0.337 e. The summed E-state index contributed by atoms with van der Waals surface area (Å²) in [7, 11) is 0. The Bertz CT molecular complexity index is 628. The van der Waals surface area contributed by atoms with Crippen LogP contribution in [-0.4, -0.2) is 12.6 Å². The molecule has 0 aromatic heterocycles. The lowest BCUT2D eigenvalue weighted by Crippen LogP contribution is -2.32. The zero-order valence-electron chi connectivity index (χ0n) is 12.9. The van der Waals surface area contributed by atoms with Gasteiger partial charge in [0.15, 0.2) is 0 Å². The Morgan fingerprint density at radius 3 is 2.59 bits per heavy atom. The van der Waals surface area contributed by atoms with Gasteiger partial charge in [-0.05, 0) is 36.6 Å². The number of benzene rings is 2. The molecule has 0 saturated carbocycles. The van der Waals surface area contributed by atoms with E-state index in [-0.39, 0.29) is 17.6 Å². The molecule has 2 rings (SSSR count). The van der Waals surface area contributed by atoms with E-state index in [0.717, 1.165) is 12.0 Å². The molecule has 2 aromatic rings. The molecule has 0 fully saturated rings. The number of hydrogen-bond donors (Lipinski definition) is 2. The van der Waals surface area contributed by atoms with Gasteiger partial charge in [-0.2, -0.15) is 0 Å². The second-order valence-electron chi connectivity index (χ2n) is 5.33. The minimum atomic E-state index is -0.434. The number of halogens is 1. The Labute approximate surface area is 130 Å². The van der Waals surface area contributed by atoms with Gasteiger partial charge in [0.1, 0.15) is 5.82 Å². The highest BCUT2D eigenvalue weighted by Crippen LogP contribution is 2.18. The van der Waals surface area contributed by atoms with Crippen molar-refractivity contribution in [3.8, 4) is 0 Å². The molecule has 0 aliphatic rings. The van der Waals surface area contributed by atoms with Crippen molar-refractivity contribution in [3.63, 3.8) is 0 Å². The molecule has 0 aliphatic heterocycles. The van der Waals surface area contributed by atoms with Crippen LogP contribution in [0.2, 0.25) is 0 Å². The van der Waals surface area contributed by atoms with Crippen LogP contribution >= 0.6 is 0 Å². The first-order valence-corrected chi connectivity index (χ1v) is 7.46. The Balaban J connectivity index is 1.93. The van der Waals surface area contributed by atoms with Crippen LogP contribution in [0.4, 0.5) is 14.9 Å². The third-order valence-corrected chi connectivity index (χ3v) is 3.64. The van der Waals surface area contributed by atoms with Crippen LogP contribution in [0.5, 0.6) is 0 Å². The second kappa shape index (κ2) is 7.59. The average Bonchev–Trinajstić information content (AvgIpc) is 2.52. The van der Waals surface area contributed by atoms with Gasteiger partial charge < -0.3 is 10.6 Å². The van der Waals surface area contributed by atoms with Crippen molar-refractivity contribution >= 4 is 11.7 Å². The fraction of sp³-hybridized carbons (Fsp3) is 0.278. The number of carbonyl (C=O) groups is 1. The topological polar surface area (TPSA) is 41.1 Å². The SMILES string of the molecule is CCC(CNC(=O)Nc1cc(C)ccc1F)c1ccccc1. The van der Waals surface area contributed by atoms with Crippen LogP contribution in [0.3, 0.4) is 0 Å². The number of aryl methyl sites for hydroxylation is 1. The highest BCUT2D eigenvalue weighted by Gasteiger charge is 2.12. The van der Waals surface area contributed by atoms with E-state index in [1.807, 2.05) is 37.3 Å². The van der Waals surface area contributed by atoms with Crippen molar-refractivity contribution < 1.29 is 9.18 Å². The highest BCUT2D eigenvalue weighted by molar-refractivity contribution is 5.89. The predicted molar refractivity (Wildman–Crippen MR) is 87.6 cm³/mol. The Hall–Kier alpha value is -2.36. The third-order valence-electron chi connectivity index (χ3n) is 3.64. The molecule has 0 aliphatic carbocycles. The minimum absolute atomic E-state index is 0.199. The first-order chi connectivity index (χ1) is 10.6. The van der Waals surface area contributed by atoms with Gasteiger partial charge in [-0.1, -0.05) is 43.3 Å². The molecule has 1 unspecified atom stereocenters. The molecule has 0 spiro atoms. The van der Waals surface area contributed by atoms with E-state index in [0.29, 0.717) is 6.54 Å². The van der Waals surface area contributed by atoms with E-state index >= 15 is 0 Å². The molecular weight excluding hydrogens is 279 g/mol. The molecule has 0 heterocycles. The number of amides is 2. The number of anilines is 1. The summed E-state index contributed by atoms with van der Waals surface area (Å²) in [5.74, 6) is -0.190. The van der Waals surface area contributed by atoms with Gasteiger partial charge in [-0.3, -0.25) is 0 Å². The number of nitrogens with one attached hydrogen (secondary N) is 2. The first kappa shape index (κ1) is 16.0. The molecule has 3 nitrogen and oxygen atoms in total. The standard InChI is InChI=1S/C18H21FN2O/c1-3-14(15-7-5-4-6-8-15)12-20-18(22)21-17-11-13(2)9-10-16(17)19/h4-11,14H,3,12H2,1-2H3,(H2,20,21,22). The summed E-state index contributed by atoms with van der Waals surface area (Å²) in [5, 5.41) is 5.37. The van der Waals surface area contributed by atoms with Crippen LogP contribution in [-0.2, 0) is 0 Å². The van der Waals surface area contributed by atoms with E-state index in [4.69, 9.17) is 0 Å². The first-order valence-electron chi connectivity index (χ1n) is 7.46. The maximum absolute atomic E-state index is 13.6. The summed E-state index contributed by atoms with van der Waals surface area (Å²) in [6.45, 7) is 4.45. The zero-order valence-corrected chi connectivity index (χ0v) is 12.9. The van der Waals surface area contributed by atoms with Crippen molar-refractivity contribution in [2.75, 3.05) is 11.9 Å². The maximum atomic E-state index is 13.6. The van der Waals surface area contributed by atoms with Gasteiger partial charge in [0.2, 0.25) is 0 Å². The average molecular weight is 300 g/mol. The van der Waals surface area contributed by atoms with Crippen LogP contribution in [0, 0.1) is 12.7 Å². The Kier molecular flexibility index (Phi) is 5.53. The van der Waals surface area contributed by atoms with Crippen molar-refractivity contribution in [2.45, 2.75) is 26.2 Å². The van der Waals surface area contributed by atoms with Crippen LogP contribution in [0.1, 0.15) is 30.4 Å². The van der Waals surface area contributed by atoms with Gasteiger partial charge in [0.05, 0.1) is 5.69 Å². The third kappa shape index (κ3) is 4.32. The lowest BCUT2D eigenvalue weighted by Gasteiger charge is -2.16. The Morgan fingerprint density at radius 2 is 1.91 bits per heavy atom. The molecule has 4 heteroatoms. The molecular formula is C18H21FN2O. The van der Waals surface area contributed by atoms with E-state index in [1.54, 1.807) is 12.1 Å². The smallest absolute Gasteiger partial charge is 0.319 e. The number of hydrogen-bond acceptors (Lipinski definition) is 1. The maximum Gasteiger partial charge on any atom is 0.319 e. The summed E-state index contributed by atoms with van der Waals surface area (Å²) in [6, 6.07) is 14.3. The van der Waals surface area contributed by atoms with Crippen molar-refractivity contribution in [1.82, 2.24) is 5.32 Å². The summed E-state index contributed by atoms with van der Waals surface area (Å²) in [6.07, 6.45) is 0.920. The van der Waals surface area contributed by atoms with Crippen molar-refractivity contribution in [3.05, 3.63) is 65.5 Å². The van der Waals surface area contributed by atoms with E-state index < -0.39 is 5.82 Å². The van der Waals surface area contributed by atoms with Crippen LogP contribution < -0.4 is 10.6 Å². The molecule has 0 bridgehead atoms. The molecule has 2 aromatic carbocycles. The van der Waals surface area contributed by atoms with Gasteiger partial charge >= 0.3 is 6.03 Å². The summed E-state index contributed by atoms with van der Waals surface area (Å²) >= 11 is 0. The highest BCUT2D eigenvalue weighted by atomic mass is 19.1. The molecule has 0 saturated heterocycles. The van der Waals surface area contributed by atoms with Gasteiger partial charge in [-0.25, -0.2) is 9.18 Å². The van der Waals surface area contributed by atoms with Crippen molar-refractivity contribution in [1.29, 1.82) is 0 Å². The van der Waals surface area contributed by atoms with Crippen molar-refractivity contribution in [2.24, 2.45) is 0 Å². The minimum Gasteiger partial charge on any atom is -0.337 e. The molecule has 1 atom stereocenters. The van der Waals surface area contributed by atoms with E-state index in [2.05, 4.69) is 17.6 Å². The van der Waals surface area contributed by atoms with Gasteiger partial charge in [0.25, 0.3) is 0 Å². The molecule has 2 N–H and O–H groups in total. The molecule has 0 radical (unpaired) electrons. The van der Waals surface area contributed by atoms with E-state index in [9.17, 15) is 9.18 Å². The predicted octanol–water partition coefficient (Wildman–Crippen LogP) is 4.45. The van der Waals surface area contributed by atoms with E-state index in [1.165, 1.54) is 11.6 Å². The van der Waals surface area contributed by atoms with Crippen LogP contribution in [0.25, 0.3) is 0 Å². The molecule has 2 amide bonds. The zero-order chi connectivity index (χ0) is 15.9. The number of rotatable bonds is 5. The lowest BCUT2D eigenvalue weighted by molar-refractivity contribution is 0.251. The summed E-state index contributed by atoms with van der Waals surface area (Å²) < 4.78 is 13.6. The fourth-order valence-electron chi connectivity index (χ4n) is 2.34. The number of carbonyl (C=O) groups excluding carboxylic acids is 1. The summed E-state index contributed by atoms with van der Waals surface area (Å²) in [4.78, 5) is 11.9. The Morgan fingerprint density at radius 1 is 1.18 bits per heavy atom. The van der Waals surface area contributed by atoms with Crippen LogP contribution in [0.15, 0.2) is 48.5 Å². The monoisotopic (exact) mass is 300 g/mol.